The van der Waals surface area contributed by atoms with Crippen LogP contribution in [0, 0.1) is 13.8 Å². The average molecular weight is 414 g/mol. The van der Waals surface area contributed by atoms with E-state index in [2.05, 4.69) is 60.1 Å². The minimum Gasteiger partial charge on any atom is -0.357 e. The molecule has 0 aromatic carbocycles. The summed E-state index contributed by atoms with van der Waals surface area (Å²) in [4.78, 5) is 18.1. The molecule has 9 nitrogen and oxygen atoms in total. The molecular weight excluding hydrogens is 378 g/mol. The fourth-order valence-corrected chi connectivity index (χ4v) is 3.61. The first-order chi connectivity index (χ1) is 14.7. The number of hydrogen-bond acceptors (Lipinski definition) is 6. The van der Waals surface area contributed by atoms with E-state index in [-0.39, 0.29) is 0 Å². The molecule has 0 atom stereocenters. The van der Waals surface area contributed by atoms with Crippen LogP contribution in [0.2, 0.25) is 0 Å². The van der Waals surface area contributed by atoms with Gasteiger partial charge < -0.3 is 15.5 Å². The zero-order valence-electron chi connectivity index (χ0n) is 18.5. The maximum absolute atomic E-state index is 4.71. The maximum Gasteiger partial charge on any atom is 0.225 e. The number of aliphatic imine (C=N–C) groups is 1. The zero-order valence-corrected chi connectivity index (χ0v) is 18.5. The van der Waals surface area contributed by atoms with E-state index in [1.807, 2.05) is 13.0 Å². The molecule has 1 fully saturated rings. The number of nitrogens with zero attached hydrogens (tertiary/aromatic N) is 7. The lowest BCUT2D eigenvalue weighted by atomic mass is 10.3. The molecule has 9 heteroatoms. The maximum atomic E-state index is 4.71. The first-order valence-corrected chi connectivity index (χ1v) is 10.9. The Kier molecular flexibility index (Phi) is 8.43. The largest absolute Gasteiger partial charge is 0.357 e. The topological polar surface area (TPSA) is 86.5 Å². The van der Waals surface area contributed by atoms with Gasteiger partial charge in [-0.05, 0) is 39.3 Å². The van der Waals surface area contributed by atoms with E-state index >= 15 is 0 Å². The monoisotopic (exact) mass is 413 g/mol. The lowest BCUT2D eigenvalue weighted by Crippen LogP contribution is -2.49. The van der Waals surface area contributed by atoms with Crippen molar-refractivity contribution in [1.29, 1.82) is 0 Å². The van der Waals surface area contributed by atoms with E-state index in [9.17, 15) is 0 Å². The van der Waals surface area contributed by atoms with Crippen molar-refractivity contribution >= 4 is 11.9 Å². The van der Waals surface area contributed by atoms with E-state index in [0.29, 0.717) is 0 Å². The predicted molar refractivity (Wildman–Crippen MR) is 121 cm³/mol. The summed E-state index contributed by atoms with van der Waals surface area (Å²) in [6, 6.07) is 3.97. The fourth-order valence-electron chi connectivity index (χ4n) is 3.61. The summed E-state index contributed by atoms with van der Waals surface area (Å²) in [5.74, 6) is 1.72. The summed E-state index contributed by atoms with van der Waals surface area (Å²) in [7, 11) is 0. The highest BCUT2D eigenvalue weighted by molar-refractivity contribution is 5.79. The highest BCUT2D eigenvalue weighted by atomic mass is 15.3. The highest BCUT2D eigenvalue weighted by Gasteiger charge is 2.18. The van der Waals surface area contributed by atoms with Crippen molar-refractivity contribution in [2.45, 2.75) is 33.7 Å². The lowest BCUT2D eigenvalue weighted by molar-refractivity contribution is 0.260. The molecule has 0 bridgehead atoms. The number of rotatable bonds is 9. The van der Waals surface area contributed by atoms with Gasteiger partial charge in [-0.15, -0.1) is 0 Å². The number of aromatic nitrogens is 4. The zero-order chi connectivity index (χ0) is 21.2. The van der Waals surface area contributed by atoms with Gasteiger partial charge in [-0.25, -0.2) is 9.97 Å². The molecule has 0 aliphatic carbocycles. The fraction of sp³-hybridized carbons (Fsp3) is 0.619. The van der Waals surface area contributed by atoms with Crippen molar-refractivity contribution < 1.29 is 0 Å². The van der Waals surface area contributed by atoms with E-state index in [4.69, 9.17) is 4.99 Å². The van der Waals surface area contributed by atoms with Crippen molar-refractivity contribution in [3.05, 3.63) is 35.9 Å². The molecule has 2 aromatic rings. The van der Waals surface area contributed by atoms with Gasteiger partial charge in [0.25, 0.3) is 0 Å². The molecule has 1 aliphatic rings. The van der Waals surface area contributed by atoms with Crippen LogP contribution in [0.25, 0.3) is 0 Å². The molecule has 1 saturated heterocycles. The second-order valence-electron chi connectivity index (χ2n) is 7.57. The molecule has 0 spiro atoms. The Bertz CT molecular complexity index is 779. The van der Waals surface area contributed by atoms with Gasteiger partial charge in [0, 0.05) is 77.0 Å². The summed E-state index contributed by atoms with van der Waals surface area (Å²) in [5.41, 5.74) is 2.28. The molecule has 30 heavy (non-hydrogen) atoms. The van der Waals surface area contributed by atoms with E-state index in [1.165, 1.54) is 5.69 Å². The van der Waals surface area contributed by atoms with Crippen LogP contribution >= 0.6 is 0 Å². The minimum absolute atomic E-state index is 0.781. The van der Waals surface area contributed by atoms with Crippen molar-refractivity contribution in [1.82, 2.24) is 35.3 Å². The van der Waals surface area contributed by atoms with E-state index in [1.54, 1.807) is 12.4 Å². The molecule has 1 aliphatic heterocycles. The normalized spacial score (nSPS) is 15.4. The summed E-state index contributed by atoms with van der Waals surface area (Å²) in [6.45, 7) is 14.6. The quantitative estimate of drug-likeness (QED) is 0.361. The summed E-state index contributed by atoms with van der Waals surface area (Å²) >= 11 is 0. The second-order valence-corrected chi connectivity index (χ2v) is 7.57. The van der Waals surface area contributed by atoms with Crippen molar-refractivity contribution in [2.75, 3.05) is 57.3 Å². The molecule has 0 unspecified atom stereocenters. The SMILES string of the molecule is CCNC(=NCCCn1nc(C)cc1C)NCCN1CCN(c2ncccn2)CC1. The summed E-state index contributed by atoms with van der Waals surface area (Å²) < 4.78 is 2.06. The Morgan fingerprint density at radius 1 is 1.07 bits per heavy atom. The third-order valence-corrected chi connectivity index (χ3v) is 5.17. The van der Waals surface area contributed by atoms with Crippen LogP contribution in [0.15, 0.2) is 29.5 Å². The first-order valence-electron chi connectivity index (χ1n) is 10.9. The van der Waals surface area contributed by atoms with Crippen molar-refractivity contribution in [3.8, 4) is 0 Å². The van der Waals surface area contributed by atoms with Gasteiger partial charge in [0.05, 0.1) is 5.69 Å². The van der Waals surface area contributed by atoms with Crippen LogP contribution in [0.4, 0.5) is 5.95 Å². The smallest absolute Gasteiger partial charge is 0.225 e. The van der Waals surface area contributed by atoms with Gasteiger partial charge in [-0.2, -0.15) is 5.10 Å². The van der Waals surface area contributed by atoms with Crippen molar-refractivity contribution in [2.24, 2.45) is 4.99 Å². The van der Waals surface area contributed by atoms with Crippen LogP contribution < -0.4 is 15.5 Å². The van der Waals surface area contributed by atoms with Crippen LogP contribution in [0.5, 0.6) is 0 Å². The Morgan fingerprint density at radius 2 is 1.83 bits per heavy atom. The molecule has 0 amide bonds. The van der Waals surface area contributed by atoms with Gasteiger partial charge >= 0.3 is 0 Å². The van der Waals surface area contributed by atoms with Crippen LogP contribution in [0.1, 0.15) is 24.7 Å². The average Bonchev–Trinajstić information content (AvgIpc) is 3.09. The Hall–Kier alpha value is -2.68. The van der Waals surface area contributed by atoms with Crippen LogP contribution in [0.3, 0.4) is 0 Å². The van der Waals surface area contributed by atoms with E-state index in [0.717, 1.165) is 82.9 Å². The predicted octanol–water partition coefficient (Wildman–Crippen LogP) is 1.06. The number of aryl methyl sites for hydroxylation is 3. The van der Waals surface area contributed by atoms with Crippen LogP contribution in [-0.4, -0.2) is 83.0 Å². The van der Waals surface area contributed by atoms with Gasteiger partial charge in [0.2, 0.25) is 5.95 Å². The molecule has 2 aromatic heterocycles. The lowest BCUT2D eigenvalue weighted by Gasteiger charge is -2.34. The van der Waals surface area contributed by atoms with Gasteiger partial charge in [-0.3, -0.25) is 14.6 Å². The molecule has 3 rings (SSSR count). The summed E-state index contributed by atoms with van der Waals surface area (Å²) in [6.07, 6.45) is 4.58. The number of guanidine groups is 1. The highest BCUT2D eigenvalue weighted by Crippen LogP contribution is 2.09. The molecular formula is C21H35N9. The van der Waals surface area contributed by atoms with Crippen LogP contribution in [-0.2, 0) is 6.54 Å². The third-order valence-electron chi connectivity index (χ3n) is 5.17. The van der Waals surface area contributed by atoms with Gasteiger partial charge in [-0.1, -0.05) is 0 Å². The minimum atomic E-state index is 0.781. The number of anilines is 1. The third kappa shape index (κ3) is 6.69. The Morgan fingerprint density at radius 3 is 2.50 bits per heavy atom. The number of nitrogens with one attached hydrogen (secondary N) is 2. The second kappa shape index (κ2) is 11.5. The first kappa shape index (κ1) is 22.0. The number of hydrogen-bond donors (Lipinski definition) is 2. The molecule has 0 radical (unpaired) electrons. The van der Waals surface area contributed by atoms with Gasteiger partial charge in [0.15, 0.2) is 5.96 Å². The Balaban J connectivity index is 1.35. The molecule has 0 saturated carbocycles. The standard InChI is InChI=1S/C21H35N9/c1-4-22-20(23-9-6-11-30-19(3)17-18(2)27-30)24-10-12-28-13-15-29(16-14-28)21-25-7-5-8-26-21/h5,7-8,17H,4,6,9-16H2,1-3H3,(H2,22,23,24). The summed E-state index contributed by atoms with van der Waals surface area (Å²) in [5, 5.41) is 11.3. The van der Waals surface area contributed by atoms with E-state index < -0.39 is 0 Å². The molecule has 3 heterocycles. The van der Waals surface area contributed by atoms with Gasteiger partial charge in [0.1, 0.15) is 0 Å². The Labute approximate surface area is 179 Å². The molecule has 2 N–H and O–H groups in total. The molecule has 164 valence electrons. The van der Waals surface area contributed by atoms with Crippen molar-refractivity contribution in [3.63, 3.8) is 0 Å². The number of piperazine rings is 1.